The summed E-state index contributed by atoms with van der Waals surface area (Å²) in [4.78, 5) is 21.4. The van der Waals surface area contributed by atoms with Crippen molar-refractivity contribution in [1.82, 2.24) is 14.5 Å². The Morgan fingerprint density at radius 1 is 1.00 bits per heavy atom. The molecule has 0 amide bonds. The molecule has 5 rings (SSSR count). The van der Waals surface area contributed by atoms with Gasteiger partial charge in [0.05, 0.1) is 10.9 Å². The van der Waals surface area contributed by atoms with Crippen LogP contribution in [-0.4, -0.2) is 33.6 Å². The molecule has 1 saturated heterocycles. The third-order valence-corrected chi connectivity index (χ3v) is 7.51. The SMILES string of the molecule is CC(C)c1nc2ccc(-c3ccc(F)cc3)cc2c(=O)n1C[C@H]1CCCN(C2CCCC2)C1. The Bertz CT molecular complexity index is 1180. The highest BCUT2D eigenvalue weighted by Crippen LogP contribution is 2.29. The Morgan fingerprint density at radius 3 is 2.45 bits per heavy atom. The number of hydrogen-bond acceptors (Lipinski definition) is 3. The number of halogens is 1. The zero-order valence-electron chi connectivity index (χ0n) is 19.8. The highest BCUT2D eigenvalue weighted by molar-refractivity contribution is 5.83. The summed E-state index contributed by atoms with van der Waals surface area (Å²) in [5.41, 5.74) is 2.60. The summed E-state index contributed by atoms with van der Waals surface area (Å²) in [5, 5.41) is 0.643. The predicted molar refractivity (Wildman–Crippen MR) is 132 cm³/mol. The fourth-order valence-corrected chi connectivity index (χ4v) is 5.78. The number of fused-ring (bicyclic) bond motifs is 1. The second kappa shape index (κ2) is 9.38. The molecule has 2 heterocycles. The molecule has 4 nitrogen and oxygen atoms in total. The maximum absolute atomic E-state index is 13.8. The van der Waals surface area contributed by atoms with Crippen LogP contribution >= 0.6 is 0 Å². The number of aromatic nitrogens is 2. The monoisotopic (exact) mass is 447 g/mol. The van der Waals surface area contributed by atoms with Crippen LogP contribution in [-0.2, 0) is 6.54 Å². The lowest BCUT2D eigenvalue weighted by atomic mass is 9.95. The number of nitrogens with zero attached hydrogens (tertiary/aromatic N) is 3. The molecule has 1 saturated carbocycles. The zero-order chi connectivity index (χ0) is 22.9. The molecule has 5 heteroatoms. The maximum Gasteiger partial charge on any atom is 0.261 e. The van der Waals surface area contributed by atoms with Crippen LogP contribution in [0.2, 0.25) is 0 Å². The first-order valence-electron chi connectivity index (χ1n) is 12.5. The second-order valence-corrected chi connectivity index (χ2v) is 10.2. The normalized spacial score (nSPS) is 20.2. The molecule has 3 aromatic rings. The summed E-state index contributed by atoms with van der Waals surface area (Å²) in [5.74, 6) is 1.27. The number of hydrogen-bond donors (Lipinski definition) is 0. The van der Waals surface area contributed by atoms with E-state index in [1.54, 1.807) is 12.1 Å². The van der Waals surface area contributed by atoms with Crippen molar-refractivity contribution >= 4 is 10.9 Å². The van der Waals surface area contributed by atoms with E-state index in [0.717, 1.165) is 41.6 Å². The first-order valence-corrected chi connectivity index (χ1v) is 12.5. The summed E-state index contributed by atoms with van der Waals surface area (Å²) in [6, 6.07) is 13.0. The molecule has 33 heavy (non-hydrogen) atoms. The van der Waals surface area contributed by atoms with E-state index < -0.39 is 0 Å². The first kappa shape index (κ1) is 22.3. The molecule has 0 bridgehead atoms. The first-order chi connectivity index (χ1) is 16.0. The lowest BCUT2D eigenvalue weighted by Gasteiger charge is -2.37. The number of piperidine rings is 1. The molecular weight excluding hydrogens is 413 g/mol. The van der Waals surface area contributed by atoms with Crippen molar-refractivity contribution in [1.29, 1.82) is 0 Å². The van der Waals surface area contributed by atoms with E-state index >= 15 is 0 Å². The van der Waals surface area contributed by atoms with Crippen molar-refractivity contribution in [3.8, 4) is 11.1 Å². The quantitative estimate of drug-likeness (QED) is 0.483. The number of likely N-dealkylation sites (tertiary alicyclic amines) is 1. The summed E-state index contributed by atoms with van der Waals surface area (Å²) in [6.07, 6.45) is 7.74. The molecule has 174 valence electrons. The fourth-order valence-electron chi connectivity index (χ4n) is 5.78. The van der Waals surface area contributed by atoms with Gasteiger partial charge in [0.1, 0.15) is 11.6 Å². The van der Waals surface area contributed by atoms with Gasteiger partial charge in [-0.3, -0.25) is 9.36 Å². The minimum absolute atomic E-state index is 0.0469. The van der Waals surface area contributed by atoms with E-state index in [0.29, 0.717) is 11.3 Å². The maximum atomic E-state index is 13.8. The minimum Gasteiger partial charge on any atom is -0.300 e. The molecule has 1 aromatic heterocycles. The van der Waals surface area contributed by atoms with Gasteiger partial charge >= 0.3 is 0 Å². The standard InChI is InChI=1S/C28H34FN3O/c1-19(2)27-30-26-14-11-22(21-9-12-23(29)13-10-21)16-25(26)28(33)32(27)18-20-6-5-15-31(17-20)24-7-3-4-8-24/h9-14,16,19-20,24H,3-8,15,17-18H2,1-2H3/t20-/m0/s1. The summed E-state index contributed by atoms with van der Waals surface area (Å²) < 4.78 is 15.3. The molecule has 0 radical (unpaired) electrons. The van der Waals surface area contributed by atoms with Crippen LogP contribution in [0.3, 0.4) is 0 Å². The molecule has 2 aliphatic rings. The average Bonchev–Trinajstić information content (AvgIpc) is 3.36. The van der Waals surface area contributed by atoms with Gasteiger partial charge in [0.2, 0.25) is 0 Å². The van der Waals surface area contributed by atoms with Gasteiger partial charge in [0.25, 0.3) is 5.56 Å². The van der Waals surface area contributed by atoms with Crippen LogP contribution in [0.4, 0.5) is 4.39 Å². The molecule has 2 fully saturated rings. The van der Waals surface area contributed by atoms with E-state index in [-0.39, 0.29) is 17.3 Å². The summed E-state index contributed by atoms with van der Waals surface area (Å²) in [6.45, 7) is 7.25. The Morgan fingerprint density at radius 2 is 1.73 bits per heavy atom. The van der Waals surface area contributed by atoms with E-state index in [4.69, 9.17) is 4.98 Å². The summed E-state index contributed by atoms with van der Waals surface area (Å²) >= 11 is 0. The highest BCUT2D eigenvalue weighted by Gasteiger charge is 2.29. The van der Waals surface area contributed by atoms with Gasteiger partial charge in [-0.2, -0.15) is 0 Å². The van der Waals surface area contributed by atoms with Crippen LogP contribution in [0.15, 0.2) is 47.3 Å². The third-order valence-electron chi connectivity index (χ3n) is 7.51. The van der Waals surface area contributed by atoms with E-state index in [1.165, 1.54) is 57.2 Å². The summed E-state index contributed by atoms with van der Waals surface area (Å²) in [7, 11) is 0. The van der Waals surface area contributed by atoms with Gasteiger partial charge in [-0.05, 0) is 73.5 Å². The van der Waals surface area contributed by atoms with E-state index in [1.807, 2.05) is 22.8 Å². The van der Waals surface area contributed by atoms with Crippen molar-refractivity contribution in [3.05, 3.63) is 64.5 Å². The molecule has 2 aromatic carbocycles. The van der Waals surface area contributed by atoms with Crippen molar-refractivity contribution in [3.63, 3.8) is 0 Å². The third kappa shape index (κ3) is 4.61. The van der Waals surface area contributed by atoms with Crippen LogP contribution in [0.1, 0.15) is 64.1 Å². The smallest absolute Gasteiger partial charge is 0.261 e. The average molecular weight is 448 g/mol. The van der Waals surface area contributed by atoms with Gasteiger partial charge in [0, 0.05) is 25.0 Å². The van der Waals surface area contributed by atoms with Crippen molar-refractivity contribution < 1.29 is 4.39 Å². The molecule has 0 spiro atoms. The van der Waals surface area contributed by atoms with Gasteiger partial charge in [-0.15, -0.1) is 0 Å². The topological polar surface area (TPSA) is 38.1 Å². The van der Waals surface area contributed by atoms with Gasteiger partial charge in [0.15, 0.2) is 0 Å². The Labute approximate surface area is 195 Å². The van der Waals surface area contributed by atoms with E-state index in [2.05, 4.69) is 18.7 Å². The Balaban J connectivity index is 1.49. The Hall–Kier alpha value is -2.53. The molecule has 1 aliphatic heterocycles. The lowest BCUT2D eigenvalue weighted by molar-refractivity contribution is 0.115. The molecule has 1 atom stereocenters. The van der Waals surface area contributed by atoms with Crippen molar-refractivity contribution in [2.45, 2.75) is 70.9 Å². The molecule has 0 unspecified atom stereocenters. The highest BCUT2D eigenvalue weighted by atomic mass is 19.1. The van der Waals surface area contributed by atoms with Crippen LogP contribution < -0.4 is 5.56 Å². The predicted octanol–water partition coefficient (Wildman–Crippen LogP) is 5.98. The molecule has 0 N–H and O–H groups in total. The van der Waals surface area contributed by atoms with Gasteiger partial charge in [-0.1, -0.05) is 44.9 Å². The zero-order valence-corrected chi connectivity index (χ0v) is 19.8. The minimum atomic E-state index is -0.260. The van der Waals surface area contributed by atoms with Crippen molar-refractivity contribution in [2.24, 2.45) is 5.92 Å². The van der Waals surface area contributed by atoms with Crippen LogP contribution in [0.5, 0.6) is 0 Å². The van der Waals surface area contributed by atoms with Crippen LogP contribution in [0, 0.1) is 11.7 Å². The van der Waals surface area contributed by atoms with Gasteiger partial charge < -0.3 is 4.90 Å². The largest absolute Gasteiger partial charge is 0.300 e. The molecule has 1 aliphatic carbocycles. The number of benzene rings is 2. The van der Waals surface area contributed by atoms with Crippen molar-refractivity contribution in [2.75, 3.05) is 13.1 Å². The van der Waals surface area contributed by atoms with E-state index in [9.17, 15) is 9.18 Å². The lowest BCUT2D eigenvalue weighted by Crippen LogP contribution is -2.43. The van der Waals surface area contributed by atoms with Gasteiger partial charge in [-0.25, -0.2) is 9.37 Å². The second-order valence-electron chi connectivity index (χ2n) is 10.2. The van der Waals surface area contributed by atoms with Crippen LogP contribution in [0.25, 0.3) is 22.0 Å². The number of rotatable bonds is 5. The fraction of sp³-hybridized carbons (Fsp3) is 0.500. The molecular formula is C28H34FN3O. The Kier molecular flexibility index (Phi) is 6.33.